The van der Waals surface area contributed by atoms with Crippen LogP contribution >= 0.6 is 0 Å². The standard InChI is InChI=1S/C21H21NO9/c1-27-17-10-12(19(24)28-2)5-6-16(17)31-11-18(23)22-15-8-13(20(25)29-3)7-14(9-15)21(26)30-4/h5-10H,11H2,1-4H3,(H,22,23). The van der Waals surface area contributed by atoms with Crippen LogP contribution in [0.3, 0.4) is 0 Å². The Bertz CT molecular complexity index is 966. The number of methoxy groups -OCH3 is 4. The second kappa shape index (κ2) is 10.6. The maximum absolute atomic E-state index is 12.3. The number of nitrogens with one attached hydrogen (secondary N) is 1. The maximum atomic E-state index is 12.3. The van der Waals surface area contributed by atoms with Gasteiger partial charge in [-0.1, -0.05) is 0 Å². The van der Waals surface area contributed by atoms with Crippen LogP contribution in [0.15, 0.2) is 36.4 Å². The van der Waals surface area contributed by atoms with Crippen LogP contribution in [-0.2, 0) is 19.0 Å². The highest BCUT2D eigenvalue weighted by Crippen LogP contribution is 2.28. The van der Waals surface area contributed by atoms with E-state index in [1.54, 1.807) is 0 Å². The third-order valence-electron chi connectivity index (χ3n) is 4.00. The third kappa shape index (κ3) is 5.95. The van der Waals surface area contributed by atoms with Crippen LogP contribution in [0.25, 0.3) is 0 Å². The van der Waals surface area contributed by atoms with Crippen LogP contribution in [0.2, 0.25) is 0 Å². The van der Waals surface area contributed by atoms with E-state index in [0.717, 1.165) is 0 Å². The summed E-state index contributed by atoms with van der Waals surface area (Å²) < 4.78 is 24.6. The molecule has 2 rings (SSSR count). The van der Waals surface area contributed by atoms with E-state index in [1.165, 1.54) is 64.8 Å². The fourth-order valence-electron chi connectivity index (χ4n) is 2.54. The Hall–Kier alpha value is -4.08. The Morgan fingerprint density at radius 1 is 0.710 bits per heavy atom. The summed E-state index contributed by atoms with van der Waals surface area (Å²) in [5.74, 6) is -2.03. The van der Waals surface area contributed by atoms with Crippen molar-refractivity contribution in [2.45, 2.75) is 0 Å². The van der Waals surface area contributed by atoms with Crippen LogP contribution < -0.4 is 14.8 Å². The van der Waals surface area contributed by atoms with E-state index in [0.29, 0.717) is 0 Å². The van der Waals surface area contributed by atoms with Gasteiger partial charge in [0.2, 0.25) is 0 Å². The lowest BCUT2D eigenvalue weighted by atomic mass is 10.1. The summed E-state index contributed by atoms with van der Waals surface area (Å²) in [5.41, 5.74) is 0.541. The summed E-state index contributed by atoms with van der Waals surface area (Å²) in [6.45, 7) is -0.413. The second-order valence-electron chi connectivity index (χ2n) is 5.98. The molecule has 31 heavy (non-hydrogen) atoms. The van der Waals surface area contributed by atoms with E-state index < -0.39 is 30.4 Å². The van der Waals surface area contributed by atoms with Crippen LogP contribution in [0, 0.1) is 0 Å². The first-order valence-electron chi connectivity index (χ1n) is 8.83. The lowest BCUT2D eigenvalue weighted by molar-refractivity contribution is -0.118. The molecule has 0 saturated carbocycles. The van der Waals surface area contributed by atoms with Crippen molar-refractivity contribution in [1.82, 2.24) is 0 Å². The Morgan fingerprint density at radius 3 is 1.77 bits per heavy atom. The quantitative estimate of drug-likeness (QED) is 0.494. The monoisotopic (exact) mass is 431 g/mol. The topological polar surface area (TPSA) is 126 Å². The molecule has 0 heterocycles. The van der Waals surface area contributed by atoms with Gasteiger partial charge in [-0.15, -0.1) is 0 Å². The van der Waals surface area contributed by atoms with Gasteiger partial charge in [0.15, 0.2) is 18.1 Å². The molecule has 164 valence electrons. The van der Waals surface area contributed by atoms with Crippen molar-refractivity contribution in [2.24, 2.45) is 0 Å². The van der Waals surface area contributed by atoms with Gasteiger partial charge >= 0.3 is 17.9 Å². The second-order valence-corrected chi connectivity index (χ2v) is 5.98. The molecule has 10 nitrogen and oxygen atoms in total. The minimum Gasteiger partial charge on any atom is -0.493 e. The zero-order valence-electron chi connectivity index (χ0n) is 17.3. The minimum atomic E-state index is -0.687. The van der Waals surface area contributed by atoms with Crippen LogP contribution in [0.1, 0.15) is 31.1 Å². The summed E-state index contributed by atoms with van der Waals surface area (Å²) in [4.78, 5) is 47.6. The zero-order valence-corrected chi connectivity index (χ0v) is 17.3. The average molecular weight is 431 g/mol. The molecule has 0 atom stereocenters. The summed E-state index contributed by atoms with van der Waals surface area (Å²) >= 11 is 0. The summed E-state index contributed by atoms with van der Waals surface area (Å²) in [6.07, 6.45) is 0. The summed E-state index contributed by atoms with van der Waals surface area (Å²) in [5, 5.41) is 2.53. The normalized spacial score (nSPS) is 9.94. The van der Waals surface area contributed by atoms with E-state index in [2.05, 4.69) is 19.5 Å². The molecule has 0 fully saturated rings. The Labute approximate surface area is 178 Å². The van der Waals surface area contributed by atoms with Gasteiger partial charge in [-0.25, -0.2) is 14.4 Å². The van der Waals surface area contributed by atoms with Gasteiger partial charge in [-0.05, 0) is 36.4 Å². The number of esters is 3. The summed E-state index contributed by atoms with van der Waals surface area (Å²) in [7, 11) is 5.02. The zero-order chi connectivity index (χ0) is 23.0. The van der Waals surface area contributed by atoms with E-state index in [9.17, 15) is 19.2 Å². The van der Waals surface area contributed by atoms with Gasteiger partial charge in [-0.3, -0.25) is 4.79 Å². The van der Waals surface area contributed by atoms with Crippen LogP contribution in [0.5, 0.6) is 11.5 Å². The highest BCUT2D eigenvalue weighted by molar-refractivity contribution is 5.99. The number of rotatable bonds is 8. The molecule has 10 heteroatoms. The fraction of sp³-hybridized carbons (Fsp3) is 0.238. The van der Waals surface area contributed by atoms with Gasteiger partial charge < -0.3 is 29.0 Å². The number of hydrogen-bond acceptors (Lipinski definition) is 9. The molecule has 1 N–H and O–H groups in total. The molecule has 0 aliphatic carbocycles. The molecule has 2 aromatic carbocycles. The minimum absolute atomic E-state index is 0.0571. The van der Waals surface area contributed by atoms with Crippen molar-refractivity contribution in [1.29, 1.82) is 0 Å². The largest absolute Gasteiger partial charge is 0.493 e. The smallest absolute Gasteiger partial charge is 0.337 e. The number of anilines is 1. The van der Waals surface area contributed by atoms with Gasteiger partial charge in [-0.2, -0.15) is 0 Å². The molecule has 0 saturated heterocycles. The van der Waals surface area contributed by atoms with Crippen molar-refractivity contribution in [3.05, 3.63) is 53.1 Å². The number of carbonyl (C=O) groups excluding carboxylic acids is 4. The van der Waals surface area contributed by atoms with Crippen molar-refractivity contribution in [2.75, 3.05) is 40.4 Å². The third-order valence-corrected chi connectivity index (χ3v) is 4.00. The van der Waals surface area contributed by atoms with E-state index in [-0.39, 0.29) is 33.9 Å². The maximum Gasteiger partial charge on any atom is 0.337 e. The molecule has 2 aromatic rings. The molecule has 0 unspecified atom stereocenters. The highest BCUT2D eigenvalue weighted by Gasteiger charge is 2.16. The van der Waals surface area contributed by atoms with Gasteiger partial charge in [0, 0.05) is 5.69 Å². The molecule has 0 radical (unpaired) electrons. The van der Waals surface area contributed by atoms with Crippen molar-refractivity contribution >= 4 is 29.5 Å². The summed E-state index contributed by atoms with van der Waals surface area (Å²) in [6, 6.07) is 8.33. The number of benzene rings is 2. The van der Waals surface area contributed by atoms with E-state index in [1.807, 2.05) is 0 Å². The average Bonchev–Trinajstić information content (AvgIpc) is 2.80. The highest BCUT2D eigenvalue weighted by atomic mass is 16.5. The van der Waals surface area contributed by atoms with Crippen LogP contribution in [0.4, 0.5) is 5.69 Å². The Kier molecular flexibility index (Phi) is 7.95. The lowest BCUT2D eigenvalue weighted by Gasteiger charge is -2.13. The lowest BCUT2D eigenvalue weighted by Crippen LogP contribution is -2.21. The molecule has 1 amide bonds. The molecule has 0 spiro atoms. The van der Waals surface area contributed by atoms with Crippen molar-refractivity contribution < 1.29 is 42.9 Å². The van der Waals surface area contributed by atoms with Gasteiger partial charge in [0.1, 0.15) is 0 Å². The SMILES string of the molecule is COC(=O)c1cc(NC(=O)COc2ccc(C(=O)OC)cc2OC)cc(C(=O)OC)c1. The first-order valence-corrected chi connectivity index (χ1v) is 8.83. The number of carbonyl (C=O) groups is 4. The molecular weight excluding hydrogens is 410 g/mol. The molecule has 0 bridgehead atoms. The van der Waals surface area contributed by atoms with Gasteiger partial charge in [0.05, 0.1) is 45.1 Å². The molecular formula is C21H21NO9. The predicted molar refractivity (Wildman–Crippen MR) is 108 cm³/mol. The molecule has 0 aliphatic heterocycles. The van der Waals surface area contributed by atoms with E-state index >= 15 is 0 Å². The number of amides is 1. The first-order chi connectivity index (χ1) is 14.8. The Balaban J connectivity index is 2.15. The molecule has 0 aliphatic rings. The first kappa shape index (κ1) is 23.2. The Morgan fingerprint density at radius 2 is 1.26 bits per heavy atom. The van der Waals surface area contributed by atoms with Gasteiger partial charge in [0.25, 0.3) is 5.91 Å². The van der Waals surface area contributed by atoms with Crippen molar-refractivity contribution in [3.8, 4) is 11.5 Å². The van der Waals surface area contributed by atoms with E-state index in [4.69, 9.17) is 9.47 Å². The number of hydrogen-bond donors (Lipinski definition) is 1. The molecule has 0 aromatic heterocycles. The van der Waals surface area contributed by atoms with Crippen molar-refractivity contribution in [3.63, 3.8) is 0 Å². The van der Waals surface area contributed by atoms with Crippen LogP contribution in [-0.4, -0.2) is 58.9 Å². The predicted octanol–water partition coefficient (Wildman–Crippen LogP) is 2.07. The fourth-order valence-corrected chi connectivity index (χ4v) is 2.54. The number of ether oxygens (including phenoxy) is 5.